The molecule has 12 nitrogen and oxygen atoms in total. The molecule has 2 amide bonds. The number of ether oxygens (including phenoxy) is 1. The van der Waals surface area contributed by atoms with Crippen molar-refractivity contribution in [2.75, 3.05) is 31.2 Å². The zero-order chi connectivity index (χ0) is 24.2. The molecule has 180 valence electrons. The third-order valence-electron chi connectivity index (χ3n) is 5.71. The highest BCUT2D eigenvalue weighted by molar-refractivity contribution is 5.92. The molecule has 2 saturated heterocycles. The van der Waals surface area contributed by atoms with Gasteiger partial charge in [0.05, 0.1) is 24.4 Å². The standard InChI is InChI=1S/C21H23FN6O6/c22-15-10-25-21(26-19(15)33-11-17(29)30)27-4-1-12(2-5-27)20(32)28-16(3-6-34-28)13-7-14(18(23)31)9-24-8-13/h7-10,12,16H,1-6,11H2,(H2,23,31)(H,29,30)/t16-/m0/s1. The minimum atomic E-state index is -1.25. The molecule has 2 fully saturated rings. The van der Waals surface area contributed by atoms with Gasteiger partial charge in [-0.15, -0.1) is 0 Å². The number of nitrogens with zero attached hydrogens (tertiary/aromatic N) is 5. The number of hydroxylamine groups is 2. The molecule has 2 aromatic rings. The molecule has 0 spiro atoms. The third-order valence-corrected chi connectivity index (χ3v) is 5.71. The summed E-state index contributed by atoms with van der Waals surface area (Å²) in [6.45, 7) is 0.493. The van der Waals surface area contributed by atoms with E-state index in [1.165, 1.54) is 11.3 Å². The molecule has 3 N–H and O–H groups in total. The van der Waals surface area contributed by atoms with Gasteiger partial charge < -0.3 is 20.5 Å². The highest BCUT2D eigenvalue weighted by Crippen LogP contribution is 2.34. The lowest BCUT2D eigenvalue weighted by atomic mass is 9.94. The van der Waals surface area contributed by atoms with E-state index >= 15 is 0 Å². The molecule has 2 aromatic heterocycles. The van der Waals surface area contributed by atoms with Crippen LogP contribution in [0.1, 0.15) is 41.2 Å². The Bertz CT molecular complexity index is 1090. The number of carbonyl (C=O) groups excluding carboxylic acids is 2. The Morgan fingerprint density at radius 3 is 2.68 bits per heavy atom. The molecule has 0 saturated carbocycles. The second-order valence-corrected chi connectivity index (χ2v) is 7.94. The molecule has 0 unspecified atom stereocenters. The Morgan fingerprint density at radius 1 is 1.21 bits per heavy atom. The van der Waals surface area contributed by atoms with Gasteiger partial charge in [-0.1, -0.05) is 0 Å². The van der Waals surface area contributed by atoms with E-state index in [1.807, 2.05) is 0 Å². The fourth-order valence-corrected chi connectivity index (χ4v) is 4.00. The van der Waals surface area contributed by atoms with E-state index < -0.39 is 30.2 Å². The summed E-state index contributed by atoms with van der Waals surface area (Å²) in [6, 6.07) is 1.25. The lowest BCUT2D eigenvalue weighted by molar-refractivity contribution is -0.182. The Morgan fingerprint density at radius 2 is 1.97 bits per heavy atom. The molecule has 0 aromatic carbocycles. The summed E-state index contributed by atoms with van der Waals surface area (Å²) in [5.41, 5.74) is 6.28. The number of hydrogen-bond acceptors (Lipinski definition) is 9. The van der Waals surface area contributed by atoms with Gasteiger partial charge in [0.15, 0.2) is 6.61 Å². The van der Waals surface area contributed by atoms with E-state index in [4.69, 9.17) is 20.4 Å². The molecular formula is C21H23FN6O6. The van der Waals surface area contributed by atoms with Crippen LogP contribution in [0.15, 0.2) is 24.7 Å². The normalized spacial score (nSPS) is 18.7. The Hall–Kier alpha value is -3.87. The summed E-state index contributed by atoms with van der Waals surface area (Å²) < 4.78 is 18.7. The van der Waals surface area contributed by atoms with Crippen molar-refractivity contribution in [3.8, 4) is 5.88 Å². The number of pyridine rings is 1. The van der Waals surface area contributed by atoms with Crippen LogP contribution in [0.5, 0.6) is 5.88 Å². The summed E-state index contributed by atoms with van der Waals surface area (Å²) in [6.07, 6.45) is 5.42. The summed E-state index contributed by atoms with van der Waals surface area (Å²) in [5, 5.41) is 10.1. The molecule has 2 aliphatic rings. The van der Waals surface area contributed by atoms with Gasteiger partial charge in [-0.2, -0.15) is 9.37 Å². The van der Waals surface area contributed by atoms with Crippen molar-refractivity contribution in [3.63, 3.8) is 0 Å². The maximum atomic E-state index is 13.8. The van der Waals surface area contributed by atoms with E-state index in [0.29, 0.717) is 44.5 Å². The highest BCUT2D eigenvalue weighted by Gasteiger charge is 2.37. The number of aliphatic carboxylic acids is 1. The number of aromatic nitrogens is 3. The van der Waals surface area contributed by atoms with E-state index in [9.17, 15) is 18.8 Å². The summed E-state index contributed by atoms with van der Waals surface area (Å²) in [4.78, 5) is 54.7. The number of hydrogen-bond donors (Lipinski definition) is 2. The SMILES string of the molecule is NC(=O)c1cncc([C@@H]2CCON2C(=O)C2CCN(c3ncc(F)c(OCC(=O)O)n3)CC2)c1. The molecule has 4 heterocycles. The largest absolute Gasteiger partial charge is 0.479 e. The Labute approximate surface area is 193 Å². The maximum absolute atomic E-state index is 13.8. The molecule has 2 aliphatic heterocycles. The molecule has 0 bridgehead atoms. The number of rotatable bonds is 7. The van der Waals surface area contributed by atoms with E-state index in [-0.39, 0.29) is 29.4 Å². The predicted octanol–water partition coefficient (Wildman–Crippen LogP) is 0.695. The van der Waals surface area contributed by atoms with Crippen LogP contribution in [-0.2, 0) is 14.4 Å². The first-order valence-electron chi connectivity index (χ1n) is 10.7. The number of carboxylic acid groups (broad SMARTS) is 1. The van der Waals surface area contributed by atoms with E-state index in [0.717, 1.165) is 6.20 Å². The van der Waals surface area contributed by atoms with Crippen molar-refractivity contribution in [1.29, 1.82) is 0 Å². The number of primary amides is 1. The van der Waals surface area contributed by atoms with Crippen molar-refractivity contribution < 1.29 is 33.5 Å². The lowest BCUT2D eigenvalue weighted by Gasteiger charge is -2.34. The summed E-state index contributed by atoms with van der Waals surface area (Å²) in [7, 11) is 0. The quantitative estimate of drug-likeness (QED) is 0.584. The Kier molecular flexibility index (Phi) is 6.82. The fourth-order valence-electron chi connectivity index (χ4n) is 4.00. The minimum absolute atomic E-state index is 0.169. The minimum Gasteiger partial charge on any atom is -0.479 e. The van der Waals surface area contributed by atoms with Gasteiger partial charge in [-0.05, 0) is 24.5 Å². The van der Waals surface area contributed by atoms with Crippen LogP contribution >= 0.6 is 0 Å². The van der Waals surface area contributed by atoms with Gasteiger partial charge in [-0.3, -0.25) is 19.4 Å². The van der Waals surface area contributed by atoms with Crippen LogP contribution < -0.4 is 15.4 Å². The molecule has 0 radical (unpaired) electrons. The topological polar surface area (TPSA) is 161 Å². The number of halogens is 1. The Balaban J connectivity index is 1.40. The zero-order valence-electron chi connectivity index (χ0n) is 18.1. The van der Waals surface area contributed by atoms with Crippen molar-refractivity contribution in [3.05, 3.63) is 41.6 Å². The summed E-state index contributed by atoms with van der Waals surface area (Å²) in [5.74, 6) is -3.44. The molecule has 34 heavy (non-hydrogen) atoms. The van der Waals surface area contributed by atoms with Crippen molar-refractivity contribution >= 4 is 23.7 Å². The lowest BCUT2D eigenvalue weighted by Crippen LogP contribution is -2.42. The van der Waals surface area contributed by atoms with Gasteiger partial charge in [0.1, 0.15) is 0 Å². The van der Waals surface area contributed by atoms with Crippen LogP contribution in [0.2, 0.25) is 0 Å². The van der Waals surface area contributed by atoms with Gasteiger partial charge in [-0.25, -0.2) is 14.8 Å². The van der Waals surface area contributed by atoms with E-state index in [1.54, 1.807) is 17.2 Å². The average Bonchev–Trinajstić information content (AvgIpc) is 3.33. The van der Waals surface area contributed by atoms with Crippen molar-refractivity contribution in [2.24, 2.45) is 11.7 Å². The summed E-state index contributed by atoms with van der Waals surface area (Å²) >= 11 is 0. The van der Waals surface area contributed by atoms with Gasteiger partial charge in [0.2, 0.25) is 23.6 Å². The third kappa shape index (κ3) is 5.03. The molecular weight excluding hydrogens is 451 g/mol. The predicted molar refractivity (Wildman–Crippen MR) is 113 cm³/mol. The molecule has 13 heteroatoms. The van der Waals surface area contributed by atoms with E-state index in [2.05, 4.69) is 15.0 Å². The first kappa shape index (κ1) is 23.3. The first-order valence-corrected chi connectivity index (χ1v) is 10.7. The number of carboxylic acids is 1. The first-order chi connectivity index (χ1) is 16.3. The molecule has 0 aliphatic carbocycles. The number of amides is 2. The van der Waals surface area contributed by atoms with Crippen LogP contribution in [0.3, 0.4) is 0 Å². The number of piperidine rings is 1. The van der Waals surface area contributed by atoms with Gasteiger partial charge in [0.25, 0.3) is 5.88 Å². The van der Waals surface area contributed by atoms with Crippen LogP contribution in [0.25, 0.3) is 0 Å². The second kappa shape index (κ2) is 9.95. The maximum Gasteiger partial charge on any atom is 0.341 e. The zero-order valence-corrected chi connectivity index (χ0v) is 18.1. The highest BCUT2D eigenvalue weighted by atomic mass is 19.1. The number of nitrogens with two attached hydrogens (primary N) is 1. The van der Waals surface area contributed by atoms with Crippen molar-refractivity contribution in [1.82, 2.24) is 20.0 Å². The van der Waals surface area contributed by atoms with Crippen LogP contribution in [-0.4, -0.2) is 69.2 Å². The van der Waals surface area contributed by atoms with Crippen LogP contribution in [0.4, 0.5) is 10.3 Å². The van der Waals surface area contributed by atoms with Gasteiger partial charge >= 0.3 is 5.97 Å². The number of carbonyl (C=O) groups is 3. The van der Waals surface area contributed by atoms with Crippen molar-refractivity contribution in [2.45, 2.75) is 25.3 Å². The fraction of sp³-hybridized carbons (Fsp3) is 0.429. The second-order valence-electron chi connectivity index (χ2n) is 7.94. The molecule has 4 rings (SSSR count). The monoisotopic (exact) mass is 474 g/mol. The number of anilines is 1. The van der Waals surface area contributed by atoms with Crippen LogP contribution in [0, 0.1) is 11.7 Å². The van der Waals surface area contributed by atoms with Gasteiger partial charge in [0, 0.05) is 37.8 Å². The molecule has 1 atom stereocenters. The average molecular weight is 474 g/mol. The smallest absolute Gasteiger partial charge is 0.341 e.